The molecular weight excluding hydrogens is 447 g/mol. The number of hydrogen-bond donors (Lipinski definition) is 3. The summed E-state index contributed by atoms with van der Waals surface area (Å²) in [5.41, 5.74) is 2.08. The lowest BCUT2D eigenvalue weighted by Gasteiger charge is -2.15. The van der Waals surface area contributed by atoms with Crippen molar-refractivity contribution >= 4 is 41.3 Å². The van der Waals surface area contributed by atoms with Crippen molar-refractivity contribution in [3.8, 4) is 0 Å². The molecule has 0 saturated heterocycles. The fourth-order valence-corrected chi connectivity index (χ4v) is 2.96. The van der Waals surface area contributed by atoms with E-state index in [-0.39, 0.29) is 24.0 Å². The van der Waals surface area contributed by atoms with Crippen molar-refractivity contribution in [1.82, 2.24) is 15.6 Å². The monoisotopic (exact) mass is 474 g/mol. The van der Waals surface area contributed by atoms with Gasteiger partial charge in [0.15, 0.2) is 5.96 Å². The van der Waals surface area contributed by atoms with E-state index in [0.717, 1.165) is 23.5 Å². The summed E-state index contributed by atoms with van der Waals surface area (Å²) in [5.74, 6) is 0.692. The van der Waals surface area contributed by atoms with E-state index < -0.39 is 6.10 Å². The van der Waals surface area contributed by atoms with Crippen molar-refractivity contribution in [2.45, 2.75) is 39.8 Å². The Morgan fingerprint density at radius 3 is 2.56 bits per heavy atom. The fourth-order valence-electron chi connectivity index (χ4n) is 2.17. The molecule has 1 atom stereocenters. The summed E-state index contributed by atoms with van der Waals surface area (Å²) in [6, 6.07) is 7.92. The molecule has 1 unspecified atom stereocenters. The maximum Gasteiger partial charge on any atom is 0.191 e. The van der Waals surface area contributed by atoms with Gasteiger partial charge in [-0.1, -0.05) is 36.8 Å². The Bertz CT molecular complexity index is 657. The molecule has 1 aromatic heterocycles. The molecule has 0 bridgehead atoms. The molecule has 0 aliphatic heterocycles. The predicted molar refractivity (Wildman–Crippen MR) is 116 cm³/mol. The number of benzene rings is 1. The normalized spacial score (nSPS) is 12.4. The molecule has 0 aliphatic carbocycles. The van der Waals surface area contributed by atoms with Gasteiger partial charge < -0.3 is 15.7 Å². The molecule has 3 N–H and O–H groups in total. The summed E-state index contributed by atoms with van der Waals surface area (Å²) in [5, 5.41) is 17.7. The summed E-state index contributed by atoms with van der Waals surface area (Å²) in [6.07, 6.45) is 2.35. The molecule has 0 radical (unpaired) electrons. The summed E-state index contributed by atoms with van der Waals surface area (Å²) >= 11 is 1.69. The van der Waals surface area contributed by atoms with Crippen LogP contribution in [0.5, 0.6) is 0 Å². The van der Waals surface area contributed by atoms with E-state index in [0.29, 0.717) is 19.0 Å². The third-order valence-electron chi connectivity index (χ3n) is 3.59. The first-order valence-electron chi connectivity index (χ1n) is 8.32. The van der Waals surface area contributed by atoms with E-state index >= 15 is 0 Å². The Morgan fingerprint density at radius 1 is 1.24 bits per heavy atom. The second-order valence-corrected chi connectivity index (χ2v) is 6.78. The standard InChI is InChI=1S/C18H26N4OS.HI/c1-4-15-10-20-17(24-15)12-22-18(19-5-2)21-11-16(23)14-8-6-13(3)7-9-14;/h6-10,16,23H,4-5,11-12H2,1-3H3,(H2,19,21,22);1H. The van der Waals surface area contributed by atoms with Crippen LogP contribution in [0.4, 0.5) is 0 Å². The molecular formula is C18H27IN4OS. The van der Waals surface area contributed by atoms with Crippen LogP contribution in [0.3, 0.4) is 0 Å². The lowest BCUT2D eigenvalue weighted by molar-refractivity contribution is 0.181. The van der Waals surface area contributed by atoms with Crippen molar-refractivity contribution in [3.63, 3.8) is 0 Å². The number of aryl methyl sites for hydroxylation is 2. The van der Waals surface area contributed by atoms with Crippen LogP contribution in [-0.4, -0.2) is 29.1 Å². The Kier molecular flexibility index (Phi) is 9.99. The molecule has 1 heterocycles. The second-order valence-electron chi connectivity index (χ2n) is 5.58. The lowest BCUT2D eigenvalue weighted by atomic mass is 10.1. The van der Waals surface area contributed by atoms with Gasteiger partial charge in [-0.15, -0.1) is 35.3 Å². The van der Waals surface area contributed by atoms with E-state index in [4.69, 9.17) is 0 Å². The molecule has 0 saturated carbocycles. The molecule has 0 amide bonds. The Balaban J connectivity index is 0.00000312. The lowest BCUT2D eigenvalue weighted by Crippen LogP contribution is -2.39. The highest BCUT2D eigenvalue weighted by Gasteiger charge is 2.08. The Morgan fingerprint density at radius 2 is 1.96 bits per heavy atom. The van der Waals surface area contributed by atoms with Gasteiger partial charge in [0.05, 0.1) is 12.6 Å². The van der Waals surface area contributed by atoms with E-state index in [1.54, 1.807) is 11.3 Å². The molecule has 0 aliphatic rings. The Hall–Kier alpha value is -1.19. The molecule has 0 fully saturated rings. The highest BCUT2D eigenvalue weighted by atomic mass is 127. The molecule has 1 aromatic carbocycles. The number of nitrogens with one attached hydrogen (secondary N) is 2. The van der Waals surface area contributed by atoms with E-state index in [1.165, 1.54) is 10.4 Å². The smallest absolute Gasteiger partial charge is 0.191 e. The number of aliphatic hydroxyl groups is 1. The zero-order valence-electron chi connectivity index (χ0n) is 15.0. The number of aromatic nitrogens is 1. The molecule has 25 heavy (non-hydrogen) atoms. The maximum absolute atomic E-state index is 10.3. The van der Waals surface area contributed by atoms with Crippen molar-refractivity contribution < 1.29 is 5.11 Å². The highest BCUT2D eigenvalue weighted by molar-refractivity contribution is 14.0. The quantitative estimate of drug-likeness (QED) is 0.327. The van der Waals surface area contributed by atoms with Crippen LogP contribution in [0.1, 0.15) is 41.0 Å². The topological polar surface area (TPSA) is 69.5 Å². The van der Waals surface area contributed by atoms with Crippen LogP contribution in [0, 0.1) is 6.92 Å². The van der Waals surface area contributed by atoms with Gasteiger partial charge in [-0.3, -0.25) is 0 Å². The van der Waals surface area contributed by atoms with Gasteiger partial charge in [-0.2, -0.15) is 0 Å². The van der Waals surface area contributed by atoms with Crippen LogP contribution in [0.2, 0.25) is 0 Å². The SMILES string of the molecule is CCNC(=NCc1ncc(CC)s1)NCC(O)c1ccc(C)cc1.I. The number of hydrogen-bond acceptors (Lipinski definition) is 4. The van der Waals surface area contributed by atoms with Gasteiger partial charge in [-0.05, 0) is 25.8 Å². The minimum Gasteiger partial charge on any atom is -0.387 e. The van der Waals surface area contributed by atoms with E-state index in [9.17, 15) is 5.11 Å². The van der Waals surface area contributed by atoms with Gasteiger partial charge in [0.2, 0.25) is 0 Å². The Labute approximate surface area is 171 Å². The number of guanidine groups is 1. The van der Waals surface area contributed by atoms with Crippen molar-refractivity contribution in [3.05, 3.63) is 51.5 Å². The molecule has 2 aromatic rings. The van der Waals surface area contributed by atoms with Gasteiger partial charge >= 0.3 is 0 Å². The van der Waals surface area contributed by atoms with Crippen LogP contribution in [-0.2, 0) is 13.0 Å². The second kappa shape index (κ2) is 11.4. The summed E-state index contributed by atoms with van der Waals surface area (Å²) in [4.78, 5) is 10.2. The summed E-state index contributed by atoms with van der Waals surface area (Å²) in [6.45, 7) is 7.90. The number of thiazole rings is 1. The van der Waals surface area contributed by atoms with E-state index in [1.807, 2.05) is 44.3 Å². The summed E-state index contributed by atoms with van der Waals surface area (Å²) < 4.78 is 0. The first-order valence-corrected chi connectivity index (χ1v) is 9.14. The van der Waals surface area contributed by atoms with Crippen LogP contribution < -0.4 is 10.6 Å². The third-order valence-corrected chi connectivity index (χ3v) is 4.72. The molecule has 5 nitrogen and oxygen atoms in total. The first-order chi connectivity index (χ1) is 11.6. The number of nitrogens with zero attached hydrogens (tertiary/aromatic N) is 2. The highest BCUT2D eigenvalue weighted by Crippen LogP contribution is 2.14. The van der Waals surface area contributed by atoms with Crippen LogP contribution >= 0.6 is 35.3 Å². The van der Waals surface area contributed by atoms with Gasteiger partial charge in [-0.25, -0.2) is 9.98 Å². The van der Waals surface area contributed by atoms with Gasteiger partial charge in [0, 0.05) is 24.2 Å². The zero-order valence-corrected chi connectivity index (χ0v) is 18.1. The van der Waals surface area contributed by atoms with Crippen molar-refractivity contribution in [2.24, 2.45) is 4.99 Å². The number of aliphatic imine (C=N–C) groups is 1. The average molecular weight is 474 g/mol. The molecule has 2 rings (SSSR count). The zero-order chi connectivity index (χ0) is 17.4. The van der Waals surface area contributed by atoms with Gasteiger partial charge in [0.25, 0.3) is 0 Å². The molecule has 7 heteroatoms. The minimum absolute atomic E-state index is 0. The van der Waals surface area contributed by atoms with Crippen molar-refractivity contribution in [1.29, 1.82) is 0 Å². The number of rotatable bonds is 7. The maximum atomic E-state index is 10.3. The summed E-state index contributed by atoms with van der Waals surface area (Å²) in [7, 11) is 0. The predicted octanol–water partition coefficient (Wildman–Crippen LogP) is 3.42. The van der Waals surface area contributed by atoms with Crippen molar-refractivity contribution in [2.75, 3.05) is 13.1 Å². The third kappa shape index (κ3) is 7.29. The molecule has 0 spiro atoms. The largest absolute Gasteiger partial charge is 0.387 e. The van der Waals surface area contributed by atoms with Crippen LogP contribution in [0.25, 0.3) is 0 Å². The van der Waals surface area contributed by atoms with Crippen LogP contribution in [0.15, 0.2) is 35.5 Å². The van der Waals surface area contributed by atoms with E-state index in [2.05, 4.69) is 27.5 Å². The first kappa shape index (κ1) is 21.9. The average Bonchev–Trinajstić information content (AvgIpc) is 3.06. The number of halogens is 1. The van der Waals surface area contributed by atoms with Gasteiger partial charge in [0.1, 0.15) is 5.01 Å². The fraction of sp³-hybridized carbons (Fsp3) is 0.444. The molecule has 138 valence electrons. The number of aliphatic hydroxyl groups excluding tert-OH is 1. The minimum atomic E-state index is -0.569.